The van der Waals surface area contributed by atoms with Crippen molar-refractivity contribution in [2.75, 3.05) is 29.8 Å². The number of hydrogen-bond donors (Lipinski definition) is 4. The van der Waals surface area contributed by atoms with Gasteiger partial charge in [-0.2, -0.15) is 0 Å². The first kappa shape index (κ1) is 24.6. The van der Waals surface area contributed by atoms with Crippen LogP contribution in [0.3, 0.4) is 0 Å². The Balaban J connectivity index is 1.33. The molecule has 4 N–H and O–H groups in total. The number of benzene rings is 3. The molecule has 0 radical (unpaired) electrons. The summed E-state index contributed by atoms with van der Waals surface area (Å²) < 4.78 is 5.58. The minimum atomic E-state index is -0.378. The molecule has 0 unspecified atom stereocenters. The second-order valence-corrected chi connectivity index (χ2v) is 9.63. The first-order valence-electron chi connectivity index (χ1n) is 12.2. The lowest BCUT2D eigenvalue weighted by molar-refractivity contribution is 0.0983. The number of ether oxygens (including phenoxy) is 1. The molecule has 2 amide bonds. The van der Waals surface area contributed by atoms with Gasteiger partial charge in [0.2, 0.25) is 0 Å². The van der Waals surface area contributed by atoms with Crippen LogP contribution in [-0.2, 0) is 0 Å². The third-order valence-corrected chi connectivity index (χ3v) is 7.35. The fourth-order valence-corrected chi connectivity index (χ4v) is 5.38. The van der Waals surface area contributed by atoms with Crippen LogP contribution in [0.1, 0.15) is 32.3 Å². The van der Waals surface area contributed by atoms with Crippen molar-refractivity contribution in [1.82, 2.24) is 9.97 Å². The Morgan fingerprint density at radius 3 is 2.69 bits per heavy atom. The van der Waals surface area contributed by atoms with E-state index in [0.717, 1.165) is 10.9 Å². The van der Waals surface area contributed by atoms with Gasteiger partial charge in [-0.15, -0.1) is 11.6 Å². The van der Waals surface area contributed by atoms with Crippen molar-refractivity contribution >= 4 is 56.6 Å². The molecule has 39 heavy (non-hydrogen) atoms. The van der Waals surface area contributed by atoms with Crippen LogP contribution in [0.4, 0.5) is 11.5 Å². The minimum Gasteiger partial charge on any atom is -0.508 e. The highest BCUT2D eigenvalue weighted by Crippen LogP contribution is 2.48. The van der Waals surface area contributed by atoms with E-state index in [1.807, 2.05) is 12.1 Å². The zero-order valence-electron chi connectivity index (χ0n) is 20.7. The van der Waals surface area contributed by atoms with Crippen molar-refractivity contribution in [3.8, 4) is 17.2 Å². The Labute approximate surface area is 227 Å². The lowest BCUT2D eigenvalue weighted by atomic mass is 9.94. The Morgan fingerprint density at radius 1 is 1.15 bits per heavy atom. The number of aromatic nitrogens is 2. The van der Waals surface area contributed by atoms with Crippen LogP contribution in [0.5, 0.6) is 17.2 Å². The van der Waals surface area contributed by atoms with E-state index in [4.69, 9.17) is 16.3 Å². The van der Waals surface area contributed by atoms with Gasteiger partial charge in [-0.1, -0.05) is 12.1 Å². The molecule has 0 fully saturated rings. The number of aromatic hydroxyl groups is 2. The van der Waals surface area contributed by atoms with Crippen LogP contribution in [0.15, 0.2) is 66.9 Å². The van der Waals surface area contributed by atoms with Gasteiger partial charge in [0.15, 0.2) is 0 Å². The van der Waals surface area contributed by atoms with E-state index in [2.05, 4.69) is 15.3 Å². The molecule has 1 aliphatic heterocycles. The van der Waals surface area contributed by atoms with Crippen LogP contribution in [0, 0.1) is 0 Å². The highest BCUT2D eigenvalue weighted by Gasteiger charge is 2.36. The van der Waals surface area contributed by atoms with E-state index < -0.39 is 0 Å². The quantitative estimate of drug-likeness (QED) is 0.221. The fourth-order valence-electron chi connectivity index (χ4n) is 5.13. The maximum Gasteiger partial charge on any atom is 0.274 e. The van der Waals surface area contributed by atoms with E-state index >= 15 is 0 Å². The summed E-state index contributed by atoms with van der Waals surface area (Å²) in [5, 5.41) is 25.0. The topological polar surface area (TPSA) is 128 Å². The van der Waals surface area contributed by atoms with Crippen LogP contribution in [0.25, 0.3) is 21.7 Å². The van der Waals surface area contributed by atoms with E-state index in [1.54, 1.807) is 42.5 Å². The summed E-state index contributed by atoms with van der Waals surface area (Å²) in [5.41, 5.74) is 2.76. The van der Waals surface area contributed by atoms with Gasteiger partial charge < -0.3 is 30.2 Å². The number of phenolic OH excluding ortho intramolecular Hbond substituents is 2. The number of pyridine rings is 1. The average molecular weight is 543 g/mol. The zero-order chi connectivity index (χ0) is 27.3. The molecule has 0 spiro atoms. The molecule has 3 aromatic carbocycles. The number of amides is 2. The number of halogens is 1. The monoisotopic (exact) mass is 542 g/mol. The van der Waals surface area contributed by atoms with Crippen LogP contribution < -0.4 is 15.0 Å². The summed E-state index contributed by atoms with van der Waals surface area (Å²) in [6.45, 7) is 0.343. The molecule has 1 atom stereocenters. The van der Waals surface area contributed by atoms with Gasteiger partial charge in [-0.3, -0.25) is 9.59 Å². The van der Waals surface area contributed by atoms with Crippen molar-refractivity contribution in [2.45, 2.75) is 5.92 Å². The summed E-state index contributed by atoms with van der Waals surface area (Å²) >= 11 is 6.36. The molecule has 0 aliphatic carbocycles. The number of fused-ring (bicyclic) bond motifs is 4. The molecule has 2 aromatic heterocycles. The first-order chi connectivity index (χ1) is 18.9. The maximum atomic E-state index is 13.7. The molecule has 0 bridgehead atoms. The van der Waals surface area contributed by atoms with Crippen molar-refractivity contribution in [2.24, 2.45) is 0 Å². The first-order valence-corrected chi connectivity index (χ1v) is 12.7. The van der Waals surface area contributed by atoms with Gasteiger partial charge in [0, 0.05) is 46.1 Å². The third-order valence-electron chi connectivity index (χ3n) is 6.98. The molecule has 0 saturated carbocycles. The van der Waals surface area contributed by atoms with E-state index in [0.29, 0.717) is 51.3 Å². The number of rotatable bonds is 5. The number of nitrogens with one attached hydrogen (secondary N) is 2. The average Bonchev–Trinajstić information content (AvgIpc) is 3.54. The van der Waals surface area contributed by atoms with Gasteiger partial charge in [-0.25, -0.2) is 4.98 Å². The Hall–Kier alpha value is -4.76. The molecule has 196 valence electrons. The Bertz CT molecular complexity index is 1770. The Kier molecular flexibility index (Phi) is 6.00. The molecular formula is C29H23ClN4O5. The van der Waals surface area contributed by atoms with Crippen molar-refractivity contribution in [1.29, 1.82) is 0 Å². The molecule has 3 heterocycles. The van der Waals surface area contributed by atoms with Crippen LogP contribution in [0.2, 0.25) is 0 Å². The summed E-state index contributed by atoms with van der Waals surface area (Å²) in [5.74, 6) is 0.494. The van der Waals surface area contributed by atoms with Gasteiger partial charge in [0.25, 0.3) is 11.8 Å². The van der Waals surface area contributed by atoms with Gasteiger partial charge in [0.05, 0.1) is 24.5 Å². The van der Waals surface area contributed by atoms with Crippen LogP contribution >= 0.6 is 11.6 Å². The summed E-state index contributed by atoms with van der Waals surface area (Å²) in [6, 6.07) is 16.3. The highest BCUT2D eigenvalue weighted by atomic mass is 35.5. The number of carbonyl (C=O) groups is 2. The smallest absolute Gasteiger partial charge is 0.274 e. The lowest BCUT2D eigenvalue weighted by Crippen LogP contribution is -2.30. The number of anilines is 2. The summed E-state index contributed by atoms with van der Waals surface area (Å²) in [6.07, 6.45) is 1.54. The van der Waals surface area contributed by atoms with Gasteiger partial charge in [0.1, 0.15) is 28.8 Å². The number of alkyl halides is 1. The van der Waals surface area contributed by atoms with Crippen LogP contribution in [-0.4, -0.2) is 51.5 Å². The van der Waals surface area contributed by atoms with E-state index in [-0.39, 0.29) is 35.1 Å². The van der Waals surface area contributed by atoms with Crippen molar-refractivity contribution in [3.63, 3.8) is 0 Å². The molecule has 0 saturated heterocycles. The number of phenols is 2. The number of carbonyl (C=O) groups excluding carboxylic acids is 2. The predicted octanol–water partition coefficient (Wildman–Crippen LogP) is 5.37. The summed E-state index contributed by atoms with van der Waals surface area (Å²) in [7, 11) is 1.57. The Morgan fingerprint density at radius 2 is 1.95 bits per heavy atom. The third kappa shape index (κ3) is 4.17. The fraction of sp³-hybridized carbons (Fsp3) is 0.138. The maximum absolute atomic E-state index is 13.7. The van der Waals surface area contributed by atoms with Gasteiger partial charge >= 0.3 is 0 Å². The predicted molar refractivity (Wildman–Crippen MR) is 149 cm³/mol. The van der Waals surface area contributed by atoms with E-state index in [1.165, 1.54) is 24.3 Å². The second-order valence-electron chi connectivity index (χ2n) is 9.32. The normalized spacial score (nSPS) is 14.5. The van der Waals surface area contributed by atoms with Crippen molar-refractivity contribution in [3.05, 3.63) is 83.7 Å². The zero-order valence-corrected chi connectivity index (χ0v) is 21.5. The number of H-pyrrole nitrogens is 1. The molecule has 10 heteroatoms. The molecule has 5 aromatic rings. The number of hydrogen-bond acceptors (Lipinski definition) is 6. The summed E-state index contributed by atoms with van der Waals surface area (Å²) in [4.78, 5) is 35.3. The molecule has 9 nitrogen and oxygen atoms in total. The standard InChI is InChI=1S/C29H23ClN4O5/c1-39-24-4-2-3-19-23(36)11-22-26(27(19)24)17(12-30)14-34(22)29(38)20-9-16-10-25(31-13-21(16)32-20)33-28(37)15-5-7-18(35)8-6-15/h2-11,13,17,32,35-36H,12,14H2,1H3,(H,31,33,37)/t17-/m1/s1. The minimum absolute atomic E-state index is 0.0468. The molecular weight excluding hydrogens is 520 g/mol. The SMILES string of the molecule is COc1cccc2c(O)cc3c(c12)[C@H](CCl)CN3C(=O)c1cc2cc(NC(=O)c3ccc(O)cc3)ncc2[nH]1. The van der Waals surface area contributed by atoms with Gasteiger partial charge in [-0.05, 0) is 48.0 Å². The van der Waals surface area contributed by atoms with E-state index in [9.17, 15) is 19.8 Å². The molecule has 6 rings (SSSR count). The molecule has 1 aliphatic rings. The largest absolute Gasteiger partial charge is 0.508 e. The number of nitrogens with zero attached hydrogens (tertiary/aromatic N) is 2. The number of methoxy groups -OCH3 is 1. The lowest BCUT2D eigenvalue weighted by Gasteiger charge is -2.18. The highest BCUT2D eigenvalue weighted by molar-refractivity contribution is 6.19. The number of aromatic amines is 1. The van der Waals surface area contributed by atoms with Crippen molar-refractivity contribution < 1.29 is 24.5 Å². The second kappa shape index (κ2) is 9.52.